The van der Waals surface area contributed by atoms with Gasteiger partial charge in [-0.3, -0.25) is 9.59 Å². The van der Waals surface area contributed by atoms with Crippen molar-refractivity contribution in [2.75, 3.05) is 13.1 Å². The molecule has 0 saturated carbocycles. The predicted octanol–water partition coefficient (Wildman–Crippen LogP) is -0.388. The van der Waals surface area contributed by atoms with Crippen LogP contribution in [0.25, 0.3) is 0 Å². The SMILES string of the molecule is CC(C)CN(CC(N)=O)C(=O)NC(C)C(=O)O. The first-order valence-corrected chi connectivity index (χ1v) is 5.30. The minimum absolute atomic E-state index is 0.153. The number of hydrogen-bond donors (Lipinski definition) is 3. The van der Waals surface area contributed by atoms with Crippen molar-refractivity contribution in [2.45, 2.75) is 26.8 Å². The fourth-order valence-electron chi connectivity index (χ4n) is 1.19. The van der Waals surface area contributed by atoms with Crippen molar-refractivity contribution >= 4 is 17.9 Å². The molecule has 0 rings (SSSR count). The zero-order chi connectivity index (χ0) is 13.6. The maximum absolute atomic E-state index is 11.7. The van der Waals surface area contributed by atoms with Crippen molar-refractivity contribution in [2.24, 2.45) is 11.7 Å². The molecule has 0 saturated heterocycles. The summed E-state index contributed by atoms with van der Waals surface area (Å²) in [4.78, 5) is 34.3. The molecule has 7 heteroatoms. The summed E-state index contributed by atoms with van der Waals surface area (Å²) in [6, 6.07) is -1.61. The Balaban J connectivity index is 4.51. The molecule has 1 atom stereocenters. The van der Waals surface area contributed by atoms with E-state index >= 15 is 0 Å². The highest BCUT2D eigenvalue weighted by Crippen LogP contribution is 1.99. The van der Waals surface area contributed by atoms with Crippen LogP contribution in [-0.4, -0.2) is 47.0 Å². The van der Waals surface area contributed by atoms with Crippen LogP contribution in [0.1, 0.15) is 20.8 Å². The molecular weight excluding hydrogens is 226 g/mol. The van der Waals surface area contributed by atoms with E-state index in [1.54, 1.807) is 0 Å². The van der Waals surface area contributed by atoms with Crippen molar-refractivity contribution in [3.63, 3.8) is 0 Å². The molecule has 0 spiro atoms. The third-order valence-corrected chi connectivity index (χ3v) is 1.93. The number of carboxylic acids is 1. The van der Waals surface area contributed by atoms with Crippen molar-refractivity contribution in [1.82, 2.24) is 10.2 Å². The number of nitrogens with zero attached hydrogens (tertiary/aromatic N) is 1. The second-order valence-electron chi connectivity index (χ2n) is 4.25. The van der Waals surface area contributed by atoms with E-state index in [0.717, 1.165) is 0 Å². The topological polar surface area (TPSA) is 113 Å². The van der Waals surface area contributed by atoms with Crippen LogP contribution >= 0.6 is 0 Å². The molecule has 3 amide bonds. The number of amides is 3. The Bertz CT molecular complexity index is 304. The first-order valence-electron chi connectivity index (χ1n) is 5.30. The highest BCUT2D eigenvalue weighted by molar-refractivity contribution is 5.85. The van der Waals surface area contributed by atoms with Gasteiger partial charge in [-0.05, 0) is 12.8 Å². The van der Waals surface area contributed by atoms with Gasteiger partial charge in [0.25, 0.3) is 0 Å². The van der Waals surface area contributed by atoms with Gasteiger partial charge in [-0.15, -0.1) is 0 Å². The number of rotatable bonds is 6. The predicted molar refractivity (Wildman–Crippen MR) is 61.2 cm³/mol. The summed E-state index contributed by atoms with van der Waals surface area (Å²) in [5, 5.41) is 10.9. The molecule has 17 heavy (non-hydrogen) atoms. The van der Waals surface area contributed by atoms with Gasteiger partial charge in [0.15, 0.2) is 0 Å². The monoisotopic (exact) mass is 245 g/mol. The number of nitrogens with one attached hydrogen (secondary N) is 1. The molecule has 0 bridgehead atoms. The van der Waals surface area contributed by atoms with E-state index in [0.29, 0.717) is 6.54 Å². The van der Waals surface area contributed by atoms with Crippen molar-refractivity contribution < 1.29 is 19.5 Å². The fraction of sp³-hybridized carbons (Fsp3) is 0.700. The highest BCUT2D eigenvalue weighted by atomic mass is 16.4. The largest absolute Gasteiger partial charge is 0.480 e. The van der Waals surface area contributed by atoms with Crippen LogP contribution in [0.3, 0.4) is 0 Å². The van der Waals surface area contributed by atoms with Gasteiger partial charge in [0.05, 0.1) is 0 Å². The molecule has 0 radical (unpaired) electrons. The number of carbonyl (C=O) groups is 3. The molecule has 0 aliphatic rings. The van der Waals surface area contributed by atoms with E-state index in [-0.39, 0.29) is 12.5 Å². The zero-order valence-corrected chi connectivity index (χ0v) is 10.3. The summed E-state index contributed by atoms with van der Waals surface area (Å²) in [6.07, 6.45) is 0. The molecule has 0 aromatic heterocycles. The number of carbonyl (C=O) groups excluding carboxylic acids is 2. The molecule has 4 N–H and O–H groups in total. The van der Waals surface area contributed by atoms with Gasteiger partial charge < -0.3 is 21.1 Å². The average Bonchev–Trinajstić information content (AvgIpc) is 2.14. The molecule has 98 valence electrons. The number of carboxylic acid groups (broad SMARTS) is 1. The third-order valence-electron chi connectivity index (χ3n) is 1.93. The number of primary amides is 1. The summed E-state index contributed by atoms with van der Waals surface area (Å²) in [6.45, 7) is 5.21. The van der Waals surface area contributed by atoms with Gasteiger partial charge >= 0.3 is 12.0 Å². The standard InChI is InChI=1S/C10H19N3O4/c1-6(2)4-13(5-8(11)14)10(17)12-7(3)9(15)16/h6-7H,4-5H2,1-3H3,(H2,11,14)(H,12,17)(H,15,16). The van der Waals surface area contributed by atoms with E-state index in [1.807, 2.05) is 13.8 Å². The normalized spacial score (nSPS) is 12.0. The van der Waals surface area contributed by atoms with Crippen LogP contribution in [0.15, 0.2) is 0 Å². The van der Waals surface area contributed by atoms with E-state index in [1.165, 1.54) is 11.8 Å². The van der Waals surface area contributed by atoms with Crippen LogP contribution in [0.4, 0.5) is 4.79 Å². The molecule has 1 unspecified atom stereocenters. The van der Waals surface area contributed by atoms with Crippen molar-refractivity contribution in [3.05, 3.63) is 0 Å². The second kappa shape index (κ2) is 6.72. The lowest BCUT2D eigenvalue weighted by molar-refractivity contribution is -0.138. The minimum atomic E-state index is -1.14. The van der Waals surface area contributed by atoms with E-state index < -0.39 is 23.9 Å². The number of nitrogens with two attached hydrogens (primary N) is 1. The fourth-order valence-corrected chi connectivity index (χ4v) is 1.19. The number of hydrogen-bond acceptors (Lipinski definition) is 3. The summed E-state index contributed by atoms with van der Waals surface area (Å²) in [5.41, 5.74) is 5.02. The molecule has 0 aliphatic carbocycles. The Kier molecular flexibility index (Phi) is 6.01. The maximum atomic E-state index is 11.7. The minimum Gasteiger partial charge on any atom is -0.480 e. The van der Waals surface area contributed by atoms with Crippen molar-refractivity contribution in [1.29, 1.82) is 0 Å². The van der Waals surface area contributed by atoms with Crippen molar-refractivity contribution in [3.8, 4) is 0 Å². The van der Waals surface area contributed by atoms with Gasteiger partial charge in [0.1, 0.15) is 12.6 Å². The van der Waals surface area contributed by atoms with Crippen LogP contribution in [-0.2, 0) is 9.59 Å². The Morgan fingerprint density at radius 3 is 2.18 bits per heavy atom. The lowest BCUT2D eigenvalue weighted by Crippen LogP contribution is -2.50. The summed E-state index contributed by atoms with van der Waals surface area (Å²) < 4.78 is 0. The quantitative estimate of drug-likeness (QED) is 0.591. The van der Waals surface area contributed by atoms with Gasteiger partial charge in [-0.1, -0.05) is 13.8 Å². The molecule has 0 heterocycles. The van der Waals surface area contributed by atoms with Crippen LogP contribution in [0, 0.1) is 5.92 Å². The van der Waals surface area contributed by atoms with Crippen LogP contribution in [0.5, 0.6) is 0 Å². The summed E-state index contributed by atoms with van der Waals surface area (Å²) in [5.74, 6) is -1.62. The summed E-state index contributed by atoms with van der Waals surface area (Å²) in [7, 11) is 0. The Morgan fingerprint density at radius 2 is 1.82 bits per heavy atom. The number of aliphatic carboxylic acids is 1. The van der Waals surface area contributed by atoms with Gasteiger partial charge in [0.2, 0.25) is 5.91 Å². The van der Waals surface area contributed by atoms with Crippen LogP contribution in [0.2, 0.25) is 0 Å². The molecule has 0 aromatic carbocycles. The Hall–Kier alpha value is -1.79. The average molecular weight is 245 g/mol. The second-order valence-corrected chi connectivity index (χ2v) is 4.25. The van der Waals surface area contributed by atoms with E-state index in [2.05, 4.69) is 5.32 Å². The van der Waals surface area contributed by atoms with Gasteiger partial charge in [-0.2, -0.15) is 0 Å². The molecular formula is C10H19N3O4. The molecule has 0 aromatic rings. The molecule has 0 fully saturated rings. The smallest absolute Gasteiger partial charge is 0.325 e. The lowest BCUT2D eigenvalue weighted by Gasteiger charge is -2.24. The Labute approximate surface area is 100.0 Å². The maximum Gasteiger partial charge on any atom is 0.325 e. The van der Waals surface area contributed by atoms with E-state index in [4.69, 9.17) is 10.8 Å². The lowest BCUT2D eigenvalue weighted by atomic mass is 10.2. The van der Waals surface area contributed by atoms with E-state index in [9.17, 15) is 14.4 Å². The summed E-state index contributed by atoms with van der Waals surface area (Å²) >= 11 is 0. The first-order chi connectivity index (χ1) is 7.73. The highest BCUT2D eigenvalue weighted by Gasteiger charge is 2.21. The number of urea groups is 1. The van der Waals surface area contributed by atoms with Gasteiger partial charge in [0, 0.05) is 6.54 Å². The first kappa shape index (κ1) is 15.2. The third kappa shape index (κ3) is 6.39. The zero-order valence-electron chi connectivity index (χ0n) is 10.3. The molecule has 0 aliphatic heterocycles. The van der Waals surface area contributed by atoms with Crippen LogP contribution < -0.4 is 11.1 Å². The Morgan fingerprint density at radius 1 is 1.29 bits per heavy atom. The molecule has 7 nitrogen and oxygen atoms in total. The van der Waals surface area contributed by atoms with Gasteiger partial charge in [-0.25, -0.2) is 4.79 Å².